The lowest BCUT2D eigenvalue weighted by molar-refractivity contribution is -0.133. The van der Waals surface area contributed by atoms with Crippen LogP contribution in [0.2, 0.25) is 0 Å². The molecule has 3 nitrogen and oxygen atoms in total. The van der Waals surface area contributed by atoms with Crippen molar-refractivity contribution in [2.24, 2.45) is 5.73 Å². The van der Waals surface area contributed by atoms with Crippen LogP contribution in [0.1, 0.15) is 11.6 Å². The van der Waals surface area contributed by atoms with Crippen molar-refractivity contribution in [3.05, 3.63) is 35.9 Å². The molecule has 5 heteroatoms. The topological polar surface area (TPSA) is 46.3 Å². The van der Waals surface area contributed by atoms with Crippen LogP contribution in [-0.4, -0.2) is 30.8 Å². The fourth-order valence-corrected chi connectivity index (χ4v) is 1.34. The third-order valence-corrected chi connectivity index (χ3v) is 2.21. The molecule has 0 saturated heterocycles. The Morgan fingerprint density at radius 3 is 2.44 bits per heavy atom. The highest BCUT2D eigenvalue weighted by atomic mass is 19.3. The van der Waals surface area contributed by atoms with E-state index < -0.39 is 24.9 Å². The first-order chi connectivity index (χ1) is 7.52. The van der Waals surface area contributed by atoms with Gasteiger partial charge in [-0.2, -0.15) is 0 Å². The molecular weight excluding hydrogens is 214 g/mol. The number of alkyl halides is 2. The Balaban J connectivity index is 2.67. The van der Waals surface area contributed by atoms with Crippen molar-refractivity contribution in [3.8, 4) is 0 Å². The van der Waals surface area contributed by atoms with E-state index in [9.17, 15) is 13.6 Å². The largest absolute Gasteiger partial charge is 0.338 e. The number of amides is 1. The predicted octanol–water partition coefficient (Wildman–Crippen LogP) is 1.41. The number of carbonyl (C=O) groups excluding carboxylic acids is 1. The Bertz CT molecular complexity index is 343. The van der Waals surface area contributed by atoms with Crippen LogP contribution in [-0.2, 0) is 4.79 Å². The molecule has 0 unspecified atom stereocenters. The van der Waals surface area contributed by atoms with E-state index in [1.54, 1.807) is 30.3 Å². The van der Waals surface area contributed by atoms with E-state index in [4.69, 9.17) is 5.73 Å². The van der Waals surface area contributed by atoms with Crippen molar-refractivity contribution >= 4 is 5.91 Å². The van der Waals surface area contributed by atoms with Crippen LogP contribution < -0.4 is 5.73 Å². The Hall–Kier alpha value is -1.49. The highest BCUT2D eigenvalue weighted by Gasteiger charge is 2.21. The molecule has 1 amide bonds. The summed E-state index contributed by atoms with van der Waals surface area (Å²) in [5, 5.41) is 0. The summed E-state index contributed by atoms with van der Waals surface area (Å²) in [4.78, 5) is 12.6. The zero-order chi connectivity index (χ0) is 12.1. The second-order valence-electron chi connectivity index (χ2n) is 3.50. The van der Waals surface area contributed by atoms with Gasteiger partial charge in [-0.3, -0.25) is 4.79 Å². The van der Waals surface area contributed by atoms with Crippen molar-refractivity contribution in [2.75, 3.05) is 13.6 Å². The molecule has 0 aliphatic rings. The second kappa shape index (κ2) is 5.55. The SMILES string of the molecule is CN(CC(F)F)C(=O)[C@H](N)c1ccccc1. The normalized spacial score (nSPS) is 12.6. The van der Waals surface area contributed by atoms with Crippen molar-refractivity contribution in [1.82, 2.24) is 4.90 Å². The molecule has 0 heterocycles. The maximum atomic E-state index is 12.1. The number of halogens is 2. The first-order valence-electron chi connectivity index (χ1n) is 4.86. The highest BCUT2D eigenvalue weighted by Crippen LogP contribution is 2.12. The number of hydrogen-bond donors (Lipinski definition) is 1. The summed E-state index contributed by atoms with van der Waals surface area (Å²) in [6.07, 6.45) is -2.54. The Morgan fingerprint density at radius 2 is 1.94 bits per heavy atom. The summed E-state index contributed by atoms with van der Waals surface area (Å²) in [6, 6.07) is 7.79. The first-order valence-corrected chi connectivity index (χ1v) is 4.86. The van der Waals surface area contributed by atoms with E-state index in [1.165, 1.54) is 7.05 Å². The average Bonchev–Trinajstić information content (AvgIpc) is 2.27. The number of carbonyl (C=O) groups is 1. The van der Waals surface area contributed by atoms with E-state index in [1.807, 2.05) is 0 Å². The van der Waals surface area contributed by atoms with Gasteiger partial charge in [0.15, 0.2) is 0 Å². The van der Waals surface area contributed by atoms with Gasteiger partial charge >= 0.3 is 0 Å². The quantitative estimate of drug-likeness (QED) is 0.847. The molecule has 0 saturated carbocycles. The molecule has 0 bridgehead atoms. The van der Waals surface area contributed by atoms with Gasteiger partial charge in [-0.1, -0.05) is 30.3 Å². The molecule has 1 atom stereocenters. The number of benzene rings is 1. The molecule has 0 fully saturated rings. The van der Waals surface area contributed by atoms with Crippen LogP contribution in [0.15, 0.2) is 30.3 Å². The number of nitrogens with two attached hydrogens (primary N) is 1. The molecule has 16 heavy (non-hydrogen) atoms. The highest BCUT2D eigenvalue weighted by molar-refractivity contribution is 5.82. The predicted molar refractivity (Wildman–Crippen MR) is 57.0 cm³/mol. The maximum absolute atomic E-state index is 12.1. The van der Waals surface area contributed by atoms with Gasteiger partial charge in [0.25, 0.3) is 6.43 Å². The van der Waals surface area contributed by atoms with Crippen molar-refractivity contribution in [3.63, 3.8) is 0 Å². The second-order valence-corrected chi connectivity index (χ2v) is 3.50. The lowest BCUT2D eigenvalue weighted by Gasteiger charge is -2.20. The van der Waals surface area contributed by atoms with Gasteiger partial charge in [0.2, 0.25) is 5.91 Å². The summed E-state index contributed by atoms with van der Waals surface area (Å²) in [5.74, 6) is -0.508. The van der Waals surface area contributed by atoms with E-state index in [2.05, 4.69) is 0 Å². The minimum absolute atomic E-state index is 0.508. The summed E-state index contributed by atoms with van der Waals surface area (Å²) in [5.41, 5.74) is 6.30. The molecule has 0 aliphatic carbocycles. The van der Waals surface area contributed by atoms with E-state index in [0.717, 1.165) is 4.90 Å². The molecule has 88 valence electrons. The van der Waals surface area contributed by atoms with Gasteiger partial charge in [0.1, 0.15) is 6.04 Å². The zero-order valence-electron chi connectivity index (χ0n) is 8.94. The summed E-state index contributed by atoms with van der Waals surface area (Å²) < 4.78 is 24.2. The Labute approximate surface area is 92.8 Å². The summed E-state index contributed by atoms with van der Waals surface area (Å²) in [6.45, 7) is -0.598. The summed E-state index contributed by atoms with van der Waals surface area (Å²) in [7, 11) is 1.32. The minimum Gasteiger partial charge on any atom is -0.338 e. The molecule has 1 aromatic carbocycles. The fourth-order valence-electron chi connectivity index (χ4n) is 1.34. The average molecular weight is 228 g/mol. The number of likely N-dealkylation sites (N-methyl/N-ethyl adjacent to an activating group) is 1. The van der Waals surface area contributed by atoms with Crippen LogP contribution >= 0.6 is 0 Å². The van der Waals surface area contributed by atoms with Gasteiger partial charge in [0, 0.05) is 7.05 Å². The van der Waals surface area contributed by atoms with Gasteiger partial charge in [-0.15, -0.1) is 0 Å². The molecule has 0 spiro atoms. The van der Waals surface area contributed by atoms with Gasteiger partial charge in [-0.25, -0.2) is 8.78 Å². The smallest absolute Gasteiger partial charge is 0.255 e. The van der Waals surface area contributed by atoms with Crippen molar-refractivity contribution < 1.29 is 13.6 Å². The van der Waals surface area contributed by atoms with Crippen molar-refractivity contribution in [1.29, 1.82) is 0 Å². The number of hydrogen-bond acceptors (Lipinski definition) is 2. The molecule has 2 N–H and O–H groups in total. The van der Waals surface area contributed by atoms with Crippen LogP contribution in [0.5, 0.6) is 0 Å². The van der Waals surface area contributed by atoms with Crippen LogP contribution in [0.25, 0.3) is 0 Å². The molecule has 1 aromatic rings. The van der Waals surface area contributed by atoms with E-state index >= 15 is 0 Å². The molecule has 1 rings (SSSR count). The third kappa shape index (κ3) is 3.27. The van der Waals surface area contributed by atoms with Crippen LogP contribution in [0.3, 0.4) is 0 Å². The zero-order valence-corrected chi connectivity index (χ0v) is 8.94. The van der Waals surface area contributed by atoms with Crippen LogP contribution in [0.4, 0.5) is 8.78 Å². The van der Waals surface area contributed by atoms with Gasteiger partial charge in [-0.05, 0) is 5.56 Å². The van der Waals surface area contributed by atoms with Crippen molar-refractivity contribution in [2.45, 2.75) is 12.5 Å². The Kier molecular flexibility index (Phi) is 4.37. The minimum atomic E-state index is -2.54. The fraction of sp³-hybridized carbons (Fsp3) is 0.364. The lowest BCUT2D eigenvalue weighted by Crippen LogP contribution is -2.38. The molecule has 0 radical (unpaired) electrons. The lowest BCUT2D eigenvalue weighted by atomic mass is 10.1. The molecule has 0 aliphatic heterocycles. The maximum Gasteiger partial charge on any atom is 0.255 e. The van der Waals surface area contributed by atoms with E-state index in [-0.39, 0.29) is 0 Å². The van der Waals surface area contributed by atoms with Gasteiger partial charge in [0.05, 0.1) is 6.54 Å². The van der Waals surface area contributed by atoms with Crippen LogP contribution in [0, 0.1) is 0 Å². The van der Waals surface area contributed by atoms with Gasteiger partial charge < -0.3 is 10.6 Å². The molecular formula is C11H14F2N2O. The Morgan fingerprint density at radius 1 is 1.38 bits per heavy atom. The standard InChI is InChI=1S/C11H14F2N2O/c1-15(7-9(12)13)11(16)10(14)8-5-3-2-4-6-8/h2-6,9-10H,7,14H2,1H3/t10-/m1/s1. The van der Waals surface area contributed by atoms with E-state index in [0.29, 0.717) is 5.56 Å². The first kappa shape index (κ1) is 12.6. The number of rotatable bonds is 4. The summed E-state index contributed by atoms with van der Waals surface area (Å²) >= 11 is 0. The monoisotopic (exact) mass is 228 g/mol. The third-order valence-electron chi connectivity index (χ3n) is 2.21. The molecule has 0 aromatic heterocycles. The number of nitrogens with zero attached hydrogens (tertiary/aromatic N) is 1.